The Morgan fingerprint density at radius 1 is 1.04 bits per heavy atom. The first-order valence-electron chi connectivity index (χ1n) is 7.72. The molecule has 3 rings (SSSR count). The van der Waals surface area contributed by atoms with Gasteiger partial charge < -0.3 is 0 Å². The fourth-order valence-corrected chi connectivity index (χ4v) is 7.65. The van der Waals surface area contributed by atoms with Crippen LogP contribution in [0.1, 0.15) is 12.8 Å². The van der Waals surface area contributed by atoms with E-state index in [2.05, 4.69) is 4.72 Å². The number of hydrogen-bond donors (Lipinski definition) is 1. The molecule has 1 aromatic carbocycles. The van der Waals surface area contributed by atoms with Crippen LogP contribution in [0.25, 0.3) is 0 Å². The summed E-state index contributed by atoms with van der Waals surface area (Å²) in [5, 5.41) is 0. The number of thiophene rings is 1. The van der Waals surface area contributed by atoms with Crippen LogP contribution in [0, 0.1) is 0 Å². The van der Waals surface area contributed by atoms with Crippen LogP contribution in [-0.4, -0.2) is 40.3 Å². The van der Waals surface area contributed by atoms with E-state index in [1.165, 1.54) is 22.5 Å². The molecule has 0 amide bonds. The molecule has 1 fully saturated rings. The molecular weight excluding hydrogens is 439 g/mol. The summed E-state index contributed by atoms with van der Waals surface area (Å²) >= 11 is 12.8. The van der Waals surface area contributed by atoms with Gasteiger partial charge in [-0.2, -0.15) is 4.31 Å². The Balaban J connectivity index is 1.67. The average molecular weight is 455 g/mol. The molecule has 0 spiro atoms. The van der Waals surface area contributed by atoms with E-state index < -0.39 is 20.0 Å². The molecule has 142 valence electrons. The smallest absolute Gasteiger partial charge is 0.208 e. The maximum atomic E-state index is 12.7. The Kier molecular flexibility index (Phi) is 5.98. The highest BCUT2D eigenvalue weighted by atomic mass is 35.5. The van der Waals surface area contributed by atoms with E-state index in [4.69, 9.17) is 23.2 Å². The van der Waals surface area contributed by atoms with Gasteiger partial charge in [-0.25, -0.2) is 21.6 Å². The van der Waals surface area contributed by atoms with E-state index in [1.54, 1.807) is 18.2 Å². The number of sulfonamides is 2. The zero-order valence-corrected chi connectivity index (χ0v) is 17.4. The highest BCUT2D eigenvalue weighted by Crippen LogP contribution is 2.36. The van der Waals surface area contributed by atoms with Gasteiger partial charge in [0, 0.05) is 19.1 Å². The van der Waals surface area contributed by atoms with Gasteiger partial charge in [-0.15, -0.1) is 11.3 Å². The van der Waals surface area contributed by atoms with Crippen LogP contribution in [-0.2, 0) is 20.0 Å². The maximum Gasteiger partial charge on any atom is 0.245 e. The number of benzene rings is 1. The molecule has 0 saturated carbocycles. The molecule has 2 aromatic rings. The molecule has 11 heteroatoms. The lowest BCUT2D eigenvalue weighted by Gasteiger charge is -2.31. The summed E-state index contributed by atoms with van der Waals surface area (Å²) in [7, 11) is -7.36. The normalized spacial score (nSPS) is 17.5. The SMILES string of the molecule is O=S(=O)(NC1CCN(S(=O)(=O)c2cc(Cl)sc2Cl)CC1)c1ccccc1. The number of halogens is 2. The molecule has 0 atom stereocenters. The van der Waals surface area contributed by atoms with Crippen molar-refractivity contribution in [2.45, 2.75) is 28.7 Å². The number of piperidine rings is 1. The molecule has 1 aliphatic rings. The van der Waals surface area contributed by atoms with Crippen LogP contribution >= 0.6 is 34.5 Å². The van der Waals surface area contributed by atoms with Crippen LogP contribution < -0.4 is 4.72 Å². The Morgan fingerprint density at radius 2 is 1.65 bits per heavy atom. The van der Waals surface area contributed by atoms with Crippen molar-refractivity contribution < 1.29 is 16.8 Å². The predicted molar refractivity (Wildman–Crippen MR) is 103 cm³/mol. The number of rotatable bonds is 5. The van der Waals surface area contributed by atoms with E-state index in [0.717, 1.165) is 11.3 Å². The predicted octanol–water partition coefficient (Wildman–Crippen LogP) is 3.19. The number of nitrogens with one attached hydrogen (secondary N) is 1. The Hall–Kier alpha value is -0.680. The Bertz CT molecular complexity index is 983. The van der Waals surface area contributed by atoms with Crippen molar-refractivity contribution in [1.29, 1.82) is 0 Å². The van der Waals surface area contributed by atoms with Gasteiger partial charge in [0.25, 0.3) is 0 Å². The van der Waals surface area contributed by atoms with Gasteiger partial charge in [-0.05, 0) is 31.0 Å². The number of hydrogen-bond acceptors (Lipinski definition) is 5. The molecule has 2 heterocycles. The monoisotopic (exact) mass is 454 g/mol. The highest BCUT2D eigenvalue weighted by Gasteiger charge is 2.33. The van der Waals surface area contributed by atoms with Crippen molar-refractivity contribution >= 4 is 54.6 Å². The zero-order chi connectivity index (χ0) is 18.9. The maximum absolute atomic E-state index is 12.7. The van der Waals surface area contributed by atoms with Crippen LogP contribution in [0.4, 0.5) is 0 Å². The first kappa shape index (κ1) is 20.1. The van der Waals surface area contributed by atoms with Gasteiger partial charge in [0.05, 0.1) is 9.23 Å². The fourth-order valence-electron chi connectivity index (χ4n) is 2.74. The second-order valence-corrected chi connectivity index (χ2v) is 11.7. The molecular formula is C15H16Cl2N2O4S3. The summed E-state index contributed by atoms with van der Waals surface area (Å²) in [5.74, 6) is 0. The summed E-state index contributed by atoms with van der Waals surface area (Å²) in [4.78, 5) is 0.187. The minimum atomic E-state index is -3.74. The fraction of sp³-hybridized carbons (Fsp3) is 0.333. The first-order valence-corrected chi connectivity index (χ1v) is 12.2. The third-order valence-electron chi connectivity index (χ3n) is 4.07. The van der Waals surface area contributed by atoms with E-state index >= 15 is 0 Å². The Morgan fingerprint density at radius 3 is 2.19 bits per heavy atom. The summed E-state index contributed by atoms with van der Waals surface area (Å²) in [5.41, 5.74) is 0. The highest BCUT2D eigenvalue weighted by molar-refractivity contribution is 7.89. The standard InChI is InChI=1S/C15H16Cl2N2O4S3/c16-14-10-13(15(17)24-14)26(22,23)19-8-6-11(7-9-19)18-25(20,21)12-4-2-1-3-5-12/h1-5,10-11,18H,6-9H2. The molecule has 0 radical (unpaired) electrons. The Labute approximate surface area is 166 Å². The second kappa shape index (κ2) is 7.75. The third-order valence-corrected chi connectivity index (χ3v) is 9.26. The summed E-state index contributed by atoms with van der Waals surface area (Å²) < 4.78 is 54.5. The lowest BCUT2D eigenvalue weighted by Crippen LogP contribution is -2.46. The molecule has 1 saturated heterocycles. The largest absolute Gasteiger partial charge is 0.245 e. The molecule has 1 aromatic heterocycles. The molecule has 0 bridgehead atoms. The van der Waals surface area contributed by atoms with Crippen LogP contribution in [0.3, 0.4) is 0 Å². The molecule has 1 aliphatic heterocycles. The summed E-state index contributed by atoms with van der Waals surface area (Å²) in [6.07, 6.45) is 0.752. The first-order chi connectivity index (χ1) is 12.2. The zero-order valence-electron chi connectivity index (χ0n) is 13.4. The van der Waals surface area contributed by atoms with Gasteiger partial charge in [0.2, 0.25) is 20.0 Å². The lowest BCUT2D eigenvalue weighted by atomic mass is 10.1. The minimum Gasteiger partial charge on any atom is -0.208 e. The van der Waals surface area contributed by atoms with E-state index in [-0.39, 0.29) is 33.3 Å². The summed E-state index contributed by atoms with van der Waals surface area (Å²) in [6, 6.07) is 9.10. The van der Waals surface area contributed by atoms with Crippen molar-refractivity contribution in [3.05, 3.63) is 45.1 Å². The van der Waals surface area contributed by atoms with Gasteiger partial charge in [-0.1, -0.05) is 41.4 Å². The van der Waals surface area contributed by atoms with E-state index in [1.807, 2.05) is 0 Å². The van der Waals surface area contributed by atoms with Gasteiger partial charge in [-0.3, -0.25) is 0 Å². The number of nitrogens with zero attached hydrogens (tertiary/aromatic N) is 1. The van der Waals surface area contributed by atoms with Crippen molar-refractivity contribution in [3.63, 3.8) is 0 Å². The molecule has 26 heavy (non-hydrogen) atoms. The quantitative estimate of drug-likeness (QED) is 0.751. The van der Waals surface area contributed by atoms with Gasteiger partial charge in [0.1, 0.15) is 9.23 Å². The van der Waals surface area contributed by atoms with Gasteiger partial charge >= 0.3 is 0 Å². The van der Waals surface area contributed by atoms with E-state index in [0.29, 0.717) is 17.2 Å². The lowest BCUT2D eigenvalue weighted by molar-refractivity contribution is 0.308. The van der Waals surface area contributed by atoms with Crippen LogP contribution in [0.15, 0.2) is 46.2 Å². The summed E-state index contributed by atoms with van der Waals surface area (Å²) in [6.45, 7) is 0.405. The van der Waals surface area contributed by atoms with Crippen molar-refractivity contribution in [1.82, 2.24) is 9.03 Å². The van der Waals surface area contributed by atoms with Crippen molar-refractivity contribution in [2.24, 2.45) is 0 Å². The van der Waals surface area contributed by atoms with Gasteiger partial charge in [0.15, 0.2) is 0 Å². The molecule has 0 aliphatic carbocycles. The van der Waals surface area contributed by atoms with Crippen LogP contribution in [0.2, 0.25) is 8.67 Å². The van der Waals surface area contributed by atoms with Crippen LogP contribution in [0.5, 0.6) is 0 Å². The topological polar surface area (TPSA) is 83.6 Å². The molecule has 0 unspecified atom stereocenters. The van der Waals surface area contributed by atoms with E-state index in [9.17, 15) is 16.8 Å². The molecule has 6 nitrogen and oxygen atoms in total. The second-order valence-electron chi connectivity index (χ2n) is 5.80. The molecule has 1 N–H and O–H groups in total. The minimum absolute atomic E-state index is 0.00233. The third kappa shape index (κ3) is 4.24. The average Bonchev–Trinajstić information content (AvgIpc) is 2.95. The van der Waals surface area contributed by atoms with Crippen molar-refractivity contribution in [2.75, 3.05) is 13.1 Å². The van der Waals surface area contributed by atoms with Crippen molar-refractivity contribution in [3.8, 4) is 0 Å².